The second-order valence-electron chi connectivity index (χ2n) is 9.68. The normalized spacial score (nSPS) is 13.3. The maximum Gasteiger partial charge on any atom is 0.290 e. The zero-order chi connectivity index (χ0) is 29.3. The highest BCUT2D eigenvalue weighted by molar-refractivity contribution is 5.98. The number of rotatable bonds is 8. The van der Waals surface area contributed by atoms with E-state index >= 15 is 0 Å². The van der Waals surface area contributed by atoms with Crippen LogP contribution in [-0.2, 0) is 17.8 Å². The van der Waals surface area contributed by atoms with Gasteiger partial charge in [-0.05, 0) is 86.2 Å². The van der Waals surface area contributed by atoms with Crippen molar-refractivity contribution in [3.05, 3.63) is 87.8 Å². The first-order chi connectivity index (χ1) is 18.4. The van der Waals surface area contributed by atoms with Crippen molar-refractivity contribution in [2.45, 2.75) is 46.7 Å². The third-order valence-corrected chi connectivity index (χ3v) is 6.59. The van der Waals surface area contributed by atoms with Gasteiger partial charge in [-0.15, -0.1) is 0 Å². The SMILES string of the molecule is C=C(C)/C(N)=C/N(N)C[C@@H](C)NC(=O)c1c(C)cc2c(c1C)CCN(C(=O)c1ccc(NC)cc1)C2.O=CO. The van der Waals surface area contributed by atoms with Crippen LogP contribution in [0.1, 0.15) is 56.8 Å². The van der Waals surface area contributed by atoms with Crippen LogP contribution in [0.5, 0.6) is 0 Å². The first-order valence-electron chi connectivity index (χ1n) is 12.7. The van der Waals surface area contributed by atoms with Gasteiger partial charge in [0.25, 0.3) is 18.3 Å². The molecule has 10 nitrogen and oxygen atoms in total. The van der Waals surface area contributed by atoms with Gasteiger partial charge < -0.3 is 31.4 Å². The fraction of sp³-hybridized carbons (Fsp3) is 0.345. The number of carbonyl (C=O) groups excluding carboxylic acids is 2. The maximum atomic E-state index is 13.2. The Hall–Kier alpha value is -4.31. The van der Waals surface area contributed by atoms with E-state index in [2.05, 4.69) is 17.2 Å². The summed E-state index contributed by atoms with van der Waals surface area (Å²) < 4.78 is 0. The number of anilines is 1. The lowest BCUT2D eigenvalue weighted by Gasteiger charge is -2.31. The molecule has 0 aliphatic carbocycles. The predicted octanol–water partition coefficient (Wildman–Crippen LogP) is 2.91. The van der Waals surface area contributed by atoms with Crippen molar-refractivity contribution in [2.24, 2.45) is 11.6 Å². The molecule has 39 heavy (non-hydrogen) atoms. The van der Waals surface area contributed by atoms with E-state index in [1.807, 2.05) is 70.0 Å². The quantitative estimate of drug-likeness (QED) is 0.149. The number of aryl methyl sites for hydroxylation is 1. The molecule has 2 aromatic carbocycles. The molecule has 3 rings (SSSR count). The minimum atomic E-state index is -0.250. The van der Waals surface area contributed by atoms with E-state index in [0.717, 1.165) is 33.5 Å². The third-order valence-electron chi connectivity index (χ3n) is 6.59. The molecule has 0 bridgehead atoms. The number of nitrogens with zero attached hydrogens (tertiary/aromatic N) is 2. The van der Waals surface area contributed by atoms with Gasteiger partial charge in [0.15, 0.2) is 0 Å². The molecule has 0 saturated carbocycles. The van der Waals surface area contributed by atoms with E-state index in [-0.39, 0.29) is 24.3 Å². The number of carbonyl (C=O) groups is 3. The first kappa shape index (κ1) is 30.9. The zero-order valence-electron chi connectivity index (χ0n) is 23.4. The average molecular weight is 537 g/mol. The smallest absolute Gasteiger partial charge is 0.290 e. The third kappa shape index (κ3) is 8.08. The van der Waals surface area contributed by atoms with Crippen molar-refractivity contribution in [1.29, 1.82) is 0 Å². The molecular weight excluding hydrogens is 496 g/mol. The highest BCUT2D eigenvalue weighted by atomic mass is 16.3. The molecule has 1 atom stereocenters. The lowest BCUT2D eigenvalue weighted by Crippen LogP contribution is -2.43. The number of hydrogen-bond donors (Lipinski definition) is 5. The van der Waals surface area contributed by atoms with Crippen molar-refractivity contribution < 1.29 is 19.5 Å². The van der Waals surface area contributed by atoms with E-state index in [0.29, 0.717) is 42.9 Å². The van der Waals surface area contributed by atoms with Crippen molar-refractivity contribution in [3.8, 4) is 0 Å². The molecule has 0 saturated heterocycles. The molecule has 0 aromatic heterocycles. The molecule has 7 N–H and O–H groups in total. The predicted molar refractivity (Wildman–Crippen MR) is 154 cm³/mol. The number of fused-ring (bicyclic) bond motifs is 1. The molecule has 1 aliphatic rings. The minimum absolute atomic E-state index is 0.0157. The summed E-state index contributed by atoms with van der Waals surface area (Å²) in [4.78, 5) is 36.5. The number of nitrogens with two attached hydrogens (primary N) is 2. The van der Waals surface area contributed by atoms with Crippen LogP contribution in [0.25, 0.3) is 0 Å². The summed E-state index contributed by atoms with van der Waals surface area (Å²) in [5.74, 6) is 5.91. The maximum absolute atomic E-state index is 13.2. The Kier molecular flexibility index (Phi) is 11.1. The molecule has 2 amide bonds. The molecule has 0 unspecified atom stereocenters. The molecule has 1 aliphatic heterocycles. The Morgan fingerprint density at radius 3 is 2.44 bits per heavy atom. The summed E-state index contributed by atoms with van der Waals surface area (Å²) in [6.07, 6.45) is 2.32. The van der Waals surface area contributed by atoms with Crippen LogP contribution in [0.4, 0.5) is 5.69 Å². The molecule has 1 heterocycles. The van der Waals surface area contributed by atoms with Gasteiger partial charge in [-0.3, -0.25) is 14.4 Å². The second-order valence-corrected chi connectivity index (χ2v) is 9.68. The van der Waals surface area contributed by atoms with Crippen LogP contribution >= 0.6 is 0 Å². The lowest BCUT2D eigenvalue weighted by molar-refractivity contribution is -0.122. The van der Waals surface area contributed by atoms with E-state index < -0.39 is 0 Å². The van der Waals surface area contributed by atoms with Crippen LogP contribution in [0.3, 0.4) is 0 Å². The van der Waals surface area contributed by atoms with Crippen LogP contribution in [0.2, 0.25) is 0 Å². The topological polar surface area (TPSA) is 154 Å². The first-order valence-corrected chi connectivity index (χ1v) is 12.7. The average Bonchev–Trinajstić information content (AvgIpc) is 2.88. The summed E-state index contributed by atoms with van der Waals surface area (Å²) in [6, 6.07) is 9.34. The Morgan fingerprint density at radius 2 is 1.87 bits per heavy atom. The number of hydrazine groups is 1. The van der Waals surface area contributed by atoms with Crippen LogP contribution in [0, 0.1) is 13.8 Å². The van der Waals surface area contributed by atoms with Crippen molar-refractivity contribution in [2.75, 3.05) is 25.5 Å². The van der Waals surface area contributed by atoms with Gasteiger partial charge in [-0.1, -0.05) is 12.6 Å². The zero-order valence-corrected chi connectivity index (χ0v) is 23.4. The summed E-state index contributed by atoms with van der Waals surface area (Å²) >= 11 is 0. The van der Waals surface area contributed by atoms with Crippen molar-refractivity contribution >= 4 is 24.0 Å². The Bertz CT molecular complexity index is 1240. The molecule has 0 fully saturated rings. The summed E-state index contributed by atoms with van der Waals surface area (Å²) in [6.45, 7) is 12.7. The standard InChI is InChI=1S/C28H38N6O2.CH2O2/c1-17(2)25(29)16-34(30)14-19(4)32-27(35)26-18(3)13-22-15-33(12-11-24(22)20(26)5)28(36)21-7-9-23(31-6)10-8-21;2-1-3/h7-10,13,16,19,31H,1,11-12,14-15,29-30H2,2-6H3,(H,32,35);1H,(H,2,3)/b25-16-;/t19-;/m1./s1. The number of allylic oxidation sites excluding steroid dienone is 1. The number of benzene rings is 2. The summed E-state index contributed by atoms with van der Waals surface area (Å²) in [5, 5.41) is 14.5. The Balaban J connectivity index is 0.00000170. The summed E-state index contributed by atoms with van der Waals surface area (Å²) in [5.41, 5.74) is 13.5. The highest BCUT2D eigenvalue weighted by Crippen LogP contribution is 2.28. The van der Waals surface area contributed by atoms with Gasteiger partial charge in [0.1, 0.15) is 0 Å². The minimum Gasteiger partial charge on any atom is -0.483 e. The Morgan fingerprint density at radius 1 is 1.26 bits per heavy atom. The molecule has 0 radical (unpaired) electrons. The van der Waals surface area contributed by atoms with E-state index in [1.165, 1.54) is 5.01 Å². The van der Waals surface area contributed by atoms with Gasteiger partial charge in [0, 0.05) is 49.2 Å². The van der Waals surface area contributed by atoms with E-state index in [9.17, 15) is 9.59 Å². The monoisotopic (exact) mass is 536 g/mol. The number of nitrogens with one attached hydrogen (secondary N) is 2. The van der Waals surface area contributed by atoms with Crippen LogP contribution in [0.15, 0.2) is 54.4 Å². The van der Waals surface area contributed by atoms with Crippen LogP contribution in [-0.4, -0.2) is 59.5 Å². The van der Waals surface area contributed by atoms with Crippen molar-refractivity contribution in [3.63, 3.8) is 0 Å². The summed E-state index contributed by atoms with van der Waals surface area (Å²) in [7, 11) is 1.85. The number of carboxylic acid groups (broad SMARTS) is 1. The molecule has 2 aromatic rings. The number of hydrogen-bond acceptors (Lipinski definition) is 7. The van der Waals surface area contributed by atoms with Gasteiger partial charge in [0.2, 0.25) is 0 Å². The van der Waals surface area contributed by atoms with E-state index in [4.69, 9.17) is 21.5 Å². The van der Waals surface area contributed by atoms with Gasteiger partial charge in [0.05, 0.1) is 12.2 Å². The number of amides is 2. The van der Waals surface area contributed by atoms with Gasteiger partial charge >= 0.3 is 0 Å². The fourth-order valence-corrected chi connectivity index (χ4v) is 4.61. The van der Waals surface area contributed by atoms with Crippen molar-refractivity contribution in [1.82, 2.24) is 15.2 Å². The molecule has 10 heteroatoms. The fourth-order valence-electron chi connectivity index (χ4n) is 4.61. The second kappa shape index (κ2) is 14.0. The van der Waals surface area contributed by atoms with E-state index in [1.54, 1.807) is 6.20 Å². The largest absolute Gasteiger partial charge is 0.483 e. The Labute approximate surface area is 230 Å². The van der Waals surface area contributed by atoms with Gasteiger partial charge in [-0.25, -0.2) is 5.84 Å². The van der Waals surface area contributed by atoms with Gasteiger partial charge in [-0.2, -0.15) is 0 Å². The molecular formula is C29H40N6O4. The molecule has 0 spiro atoms. The van der Waals surface area contributed by atoms with Crippen LogP contribution < -0.4 is 22.2 Å². The lowest BCUT2D eigenvalue weighted by atomic mass is 9.88. The molecule has 210 valence electrons. The highest BCUT2D eigenvalue weighted by Gasteiger charge is 2.26.